The molecule has 8 heterocycles. The molecule has 2 amide bonds. The Hall–Kier alpha value is -7.92. The maximum Gasteiger partial charge on any atom is 0.351 e. The minimum atomic E-state index is -1.42. The van der Waals surface area contributed by atoms with Gasteiger partial charge >= 0.3 is 11.4 Å². The van der Waals surface area contributed by atoms with Crippen molar-refractivity contribution in [1.82, 2.24) is 28.9 Å². The Balaban J connectivity index is 0.000000196. The van der Waals surface area contributed by atoms with Gasteiger partial charge in [0.25, 0.3) is 0 Å². The number of rotatable bonds is 16. The molecule has 33 nitrogen and oxygen atoms in total. The monoisotopic (exact) mass is 1120 g/mol. The van der Waals surface area contributed by atoms with E-state index in [-0.39, 0.29) is 105 Å². The zero-order valence-electron chi connectivity index (χ0n) is 44.8. The predicted molar refractivity (Wildman–Crippen MR) is 281 cm³/mol. The Kier molecular flexibility index (Phi) is 21.9. The van der Waals surface area contributed by atoms with Crippen LogP contribution in [0.15, 0.2) is 79.1 Å². The van der Waals surface area contributed by atoms with Gasteiger partial charge in [0.2, 0.25) is 11.8 Å². The molecule has 8 rings (SSSR count). The number of carbonyl (C=O) groups excluding carboxylic acids is 4. The van der Waals surface area contributed by atoms with Gasteiger partial charge in [0.05, 0.1) is 69.5 Å². The van der Waals surface area contributed by atoms with E-state index < -0.39 is 71.4 Å². The molecule has 0 saturated carbocycles. The first-order chi connectivity index (χ1) is 38.1. The fourth-order valence-electron chi connectivity index (χ4n) is 10.1. The van der Waals surface area contributed by atoms with Crippen LogP contribution in [-0.2, 0) is 38.1 Å². The van der Waals surface area contributed by atoms with Crippen LogP contribution in [0, 0.1) is 17.8 Å². The zero-order valence-corrected chi connectivity index (χ0v) is 44.8. The van der Waals surface area contributed by atoms with Crippen LogP contribution >= 0.6 is 0 Å². The summed E-state index contributed by atoms with van der Waals surface area (Å²) in [4.78, 5) is 90.6. The molecular weight excluding hydrogens is 1050 g/mol. The maximum atomic E-state index is 11.9. The highest BCUT2D eigenvalue weighted by atomic mass is 16.6. The first-order valence-electron chi connectivity index (χ1n) is 25.5. The summed E-state index contributed by atoms with van der Waals surface area (Å²) < 4.78 is 26.0. The lowest BCUT2D eigenvalue weighted by molar-refractivity contribution is -0.153. The van der Waals surface area contributed by atoms with Gasteiger partial charge in [-0.2, -0.15) is 9.97 Å². The number of aliphatic hydroxyl groups is 3. The Morgan fingerprint density at radius 2 is 0.912 bits per heavy atom. The molecule has 0 unspecified atom stereocenters. The number of nitrogen functional groups attached to an aromatic ring is 2. The summed E-state index contributed by atoms with van der Waals surface area (Å²) in [5.74, 6) is -0.470. The van der Waals surface area contributed by atoms with Crippen LogP contribution in [0.5, 0.6) is 0 Å². The van der Waals surface area contributed by atoms with E-state index in [1.807, 2.05) is 34.6 Å². The molecule has 4 fully saturated rings. The fourth-order valence-corrected chi connectivity index (χ4v) is 10.1. The molecule has 0 aromatic carbocycles. The molecule has 6 aliphatic heterocycles. The number of amides is 2. The van der Waals surface area contributed by atoms with E-state index in [0.717, 1.165) is 4.57 Å². The average molecular weight is 1120 g/mol. The average Bonchev–Trinajstić information content (AvgIpc) is 4.17. The molecule has 4 saturated heterocycles. The lowest BCUT2D eigenvalue weighted by atomic mass is 9.86. The van der Waals surface area contributed by atoms with Crippen molar-refractivity contribution in [2.75, 3.05) is 50.9 Å². The van der Waals surface area contributed by atoms with E-state index in [2.05, 4.69) is 50.1 Å². The number of azide groups is 4. The van der Waals surface area contributed by atoms with Gasteiger partial charge in [0.1, 0.15) is 47.7 Å². The number of ether oxygens (including phenoxy) is 4. The fraction of sp³-hybridized carbons (Fsp3) is 0.660. The molecule has 432 valence electrons. The number of allylic oxidation sites excluding steroid dienone is 2. The summed E-state index contributed by atoms with van der Waals surface area (Å²) >= 11 is 0. The van der Waals surface area contributed by atoms with E-state index in [9.17, 15) is 44.1 Å². The lowest BCUT2D eigenvalue weighted by Crippen LogP contribution is -2.46. The molecule has 0 bridgehead atoms. The first kappa shape index (κ1) is 62.9. The van der Waals surface area contributed by atoms with Gasteiger partial charge in [-0.05, 0) is 96.3 Å². The Morgan fingerprint density at radius 1 is 0.575 bits per heavy atom. The van der Waals surface area contributed by atoms with Crippen molar-refractivity contribution in [1.29, 1.82) is 0 Å². The third kappa shape index (κ3) is 14.5. The second-order valence-corrected chi connectivity index (χ2v) is 19.9. The molecule has 12 atom stereocenters. The van der Waals surface area contributed by atoms with Gasteiger partial charge in [-0.15, -0.1) is 0 Å². The molecule has 33 heteroatoms. The van der Waals surface area contributed by atoms with Crippen molar-refractivity contribution in [3.8, 4) is 0 Å². The van der Waals surface area contributed by atoms with Crippen LogP contribution < -0.4 is 22.8 Å². The third-order valence-corrected chi connectivity index (χ3v) is 15.2. The van der Waals surface area contributed by atoms with Gasteiger partial charge in [0.15, 0.2) is 11.6 Å². The Bertz CT molecular complexity index is 2780. The van der Waals surface area contributed by atoms with E-state index in [0.29, 0.717) is 32.1 Å². The van der Waals surface area contributed by atoms with Crippen molar-refractivity contribution < 1.29 is 53.4 Å². The van der Waals surface area contributed by atoms with E-state index in [1.165, 1.54) is 51.2 Å². The van der Waals surface area contributed by atoms with Crippen molar-refractivity contribution in [3.63, 3.8) is 0 Å². The molecule has 0 aliphatic carbocycles. The van der Waals surface area contributed by atoms with Crippen molar-refractivity contribution in [3.05, 3.63) is 112 Å². The summed E-state index contributed by atoms with van der Waals surface area (Å²) in [7, 11) is 0. The first-order valence-corrected chi connectivity index (χ1v) is 25.5. The SMILES string of the molecule is CC[C@@]1(CN=[N+]=[N-])O[C@@H](N2C=CC(=O)CC2=O)C[C@@H]1C.CC[C@@]1(CN=[N+]=[N-])O[C@@H](n2ccc(N)nc2=O)C[C@@H]1C.C[C@H]1C[C@H](N2C=CC(=O)CC2=O)O[C@@]1(CO)CN=[N+]=[N-].[N-]=[N+]=NC[C@]1(CO)O[C@@H](n2ccc(N)nc2=O)C[C@@H]1O. The molecule has 0 radical (unpaired) electrons. The second kappa shape index (κ2) is 27.8. The van der Waals surface area contributed by atoms with Crippen molar-refractivity contribution in [2.24, 2.45) is 38.2 Å². The molecule has 6 aliphatic rings. The molecule has 2 aromatic rings. The quantitative estimate of drug-likeness (QED) is 0.0689. The number of carbonyl (C=O) groups is 4. The number of aromatic nitrogens is 4. The smallest absolute Gasteiger partial charge is 0.351 e. The van der Waals surface area contributed by atoms with Gasteiger partial charge < -0.3 is 45.7 Å². The number of hydrogen-bond donors (Lipinski definition) is 5. The van der Waals surface area contributed by atoms with Crippen LogP contribution in [-0.4, -0.2) is 148 Å². The largest absolute Gasteiger partial charge is 0.393 e. The number of hydrogen-bond acceptors (Lipinski definition) is 21. The molecule has 2 aromatic heterocycles. The van der Waals surface area contributed by atoms with E-state index in [4.69, 9.17) is 52.5 Å². The third-order valence-electron chi connectivity index (χ3n) is 15.2. The highest BCUT2D eigenvalue weighted by molar-refractivity contribution is 6.07. The normalized spacial score (nSPS) is 31.2. The topological polar surface area (TPSA) is 489 Å². The summed E-state index contributed by atoms with van der Waals surface area (Å²) in [6.45, 7) is 9.32. The number of nitrogens with two attached hydrogens (primary N) is 2. The second-order valence-electron chi connectivity index (χ2n) is 19.9. The van der Waals surface area contributed by atoms with Crippen LogP contribution in [0.1, 0.15) is 98.4 Å². The number of nitrogens with zero attached hydrogens (tertiary/aromatic N) is 18. The molecule has 7 N–H and O–H groups in total. The standard InChI is InChI=1S/C13H18N4O3.C12H18N6O2.C12H16N4O4.C10H14N6O4/c1-3-13(8-15-16-14)9(2)6-12(20-13)17-5-4-10(18)7-11(17)19;1-3-12(7-15-17-14)8(2)6-10(20-12)18-5-4-9(13)16-11(18)19;1-8-4-11(16-3-2-9(18)5-10(16)19)20-12(8,7-17)6-14-15-13;11-7-1-2-16(9(19)14-7)8-3-6(18)10(5-17,20-8)4-13-15-12/h4-5,9,12H,3,6-8H2,1-2H3;4-5,8,10H,3,6-7H2,1-2H3,(H2,13,16,19);2-3,8,11,17H,4-7H2,1H3;1-2,6,8,17-18H,3-5H2,(H2,11,14,19)/t9-,12+,13-;8-,10+,12-;8-,11+,12+;6-,8+,10+/m0000/s1. The van der Waals surface area contributed by atoms with Crippen LogP contribution in [0.25, 0.3) is 41.8 Å². The summed E-state index contributed by atoms with van der Waals surface area (Å²) in [5, 5.41) is 43.1. The van der Waals surface area contributed by atoms with E-state index in [1.54, 1.807) is 12.3 Å². The maximum absolute atomic E-state index is 11.9. The van der Waals surface area contributed by atoms with Gasteiger partial charge in [-0.25, -0.2) is 9.59 Å². The Morgan fingerprint density at radius 3 is 1.29 bits per heavy atom. The van der Waals surface area contributed by atoms with Crippen LogP contribution in [0.2, 0.25) is 0 Å². The minimum Gasteiger partial charge on any atom is -0.393 e. The molecule has 0 spiro atoms. The highest BCUT2D eigenvalue weighted by Gasteiger charge is 2.51. The van der Waals surface area contributed by atoms with Gasteiger partial charge in [-0.3, -0.25) is 38.1 Å². The number of ketones is 2. The van der Waals surface area contributed by atoms with Gasteiger partial charge in [0, 0.05) is 50.9 Å². The van der Waals surface area contributed by atoms with E-state index >= 15 is 0 Å². The predicted octanol–water partition coefficient (Wildman–Crippen LogP) is 3.85. The number of aliphatic hydroxyl groups excluding tert-OH is 3. The van der Waals surface area contributed by atoms with Crippen molar-refractivity contribution in [2.45, 2.75) is 139 Å². The zero-order chi connectivity index (χ0) is 59.0. The molecular formula is C47H66N20O13. The summed E-state index contributed by atoms with van der Waals surface area (Å²) in [6, 6.07) is 2.98. The Labute approximate surface area is 456 Å². The number of anilines is 2. The van der Waals surface area contributed by atoms with Gasteiger partial charge in [-0.1, -0.05) is 55.1 Å². The van der Waals surface area contributed by atoms with Crippen LogP contribution in [0.4, 0.5) is 11.6 Å². The minimum absolute atomic E-state index is 0.00232. The summed E-state index contributed by atoms with van der Waals surface area (Å²) in [6.07, 6.45) is 8.40. The molecule has 80 heavy (non-hydrogen) atoms. The summed E-state index contributed by atoms with van der Waals surface area (Å²) in [5.41, 5.74) is 40.1. The lowest BCUT2D eigenvalue weighted by Gasteiger charge is -2.32. The van der Waals surface area contributed by atoms with Crippen molar-refractivity contribution >= 4 is 35.0 Å². The van der Waals surface area contributed by atoms with Crippen LogP contribution in [0.3, 0.4) is 0 Å². The highest BCUT2D eigenvalue weighted by Crippen LogP contribution is 2.44.